The zero-order valence-electron chi connectivity index (χ0n) is 17.6. The molecule has 0 saturated heterocycles. The van der Waals surface area contributed by atoms with Crippen LogP contribution in [0.25, 0.3) is 10.6 Å². The molecule has 0 bridgehead atoms. The Morgan fingerprint density at radius 1 is 1.09 bits per heavy atom. The molecule has 2 aromatic carbocycles. The molecule has 0 aliphatic rings. The molecule has 0 aliphatic carbocycles. The number of alkyl halides is 3. The van der Waals surface area contributed by atoms with E-state index in [-0.39, 0.29) is 5.13 Å². The van der Waals surface area contributed by atoms with Crippen molar-refractivity contribution in [1.29, 1.82) is 0 Å². The minimum atomic E-state index is -4.70. The first-order chi connectivity index (χ1) is 15.5. The Hall–Kier alpha value is -2.83. The van der Waals surface area contributed by atoms with E-state index in [9.17, 15) is 26.4 Å². The maximum absolute atomic E-state index is 13.0. The molecule has 3 aromatic rings. The molecule has 2 atom stereocenters. The van der Waals surface area contributed by atoms with Crippen LogP contribution in [0.2, 0.25) is 0 Å². The van der Waals surface area contributed by atoms with Gasteiger partial charge in [0.15, 0.2) is 0 Å². The van der Waals surface area contributed by atoms with Crippen molar-refractivity contribution in [2.24, 2.45) is 5.92 Å². The standard InChI is InChI=1S/C21H21F3N4O3S2/c1-3-13(2)17(28-33(30,31)16-11-7-10-15(12-16)21(22,23)24)18(29)25-20-27-26-19(32-20)14-8-5-4-6-9-14/h4-13,17,28H,3H2,1-2H3,(H,25,27,29)/t13-,17-/m0/s1. The zero-order chi connectivity index (χ0) is 24.2. The SMILES string of the molecule is CC[C@H](C)[C@H](NS(=O)(=O)c1cccc(C(F)(F)F)c1)C(=O)Nc1nnc(-c2ccccc2)s1. The summed E-state index contributed by atoms with van der Waals surface area (Å²) in [6.07, 6.45) is -4.26. The van der Waals surface area contributed by atoms with Gasteiger partial charge in [-0.2, -0.15) is 17.9 Å². The number of sulfonamides is 1. The molecule has 2 N–H and O–H groups in total. The summed E-state index contributed by atoms with van der Waals surface area (Å²) >= 11 is 1.11. The number of rotatable bonds is 8. The molecular weight excluding hydrogens is 477 g/mol. The summed E-state index contributed by atoms with van der Waals surface area (Å²) in [7, 11) is -4.42. The lowest BCUT2D eigenvalue weighted by atomic mass is 9.99. The van der Waals surface area contributed by atoms with Gasteiger partial charge in [-0.25, -0.2) is 8.42 Å². The molecule has 1 amide bonds. The van der Waals surface area contributed by atoms with Crippen LogP contribution in [0.4, 0.5) is 18.3 Å². The Bertz CT molecular complexity index is 1210. The van der Waals surface area contributed by atoms with Gasteiger partial charge in [-0.1, -0.05) is 68.0 Å². The lowest BCUT2D eigenvalue weighted by Gasteiger charge is -2.23. The van der Waals surface area contributed by atoms with Crippen LogP contribution in [0.5, 0.6) is 0 Å². The van der Waals surface area contributed by atoms with Gasteiger partial charge >= 0.3 is 6.18 Å². The topological polar surface area (TPSA) is 101 Å². The van der Waals surface area contributed by atoms with Crippen LogP contribution in [-0.4, -0.2) is 30.6 Å². The van der Waals surface area contributed by atoms with E-state index >= 15 is 0 Å². The van der Waals surface area contributed by atoms with Crippen molar-refractivity contribution in [3.63, 3.8) is 0 Å². The van der Waals surface area contributed by atoms with Gasteiger partial charge in [-0.15, -0.1) is 10.2 Å². The number of anilines is 1. The molecule has 3 rings (SSSR count). The molecular formula is C21H21F3N4O3S2. The number of aromatic nitrogens is 2. The van der Waals surface area contributed by atoms with Crippen molar-refractivity contribution in [2.75, 3.05) is 5.32 Å². The summed E-state index contributed by atoms with van der Waals surface area (Å²) in [4.78, 5) is 12.3. The van der Waals surface area contributed by atoms with Crippen molar-refractivity contribution in [3.8, 4) is 10.6 Å². The van der Waals surface area contributed by atoms with E-state index in [0.717, 1.165) is 35.1 Å². The Kier molecular flexibility index (Phi) is 7.50. The van der Waals surface area contributed by atoms with E-state index in [1.54, 1.807) is 13.8 Å². The number of hydrogen-bond acceptors (Lipinski definition) is 6. The molecule has 12 heteroatoms. The molecule has 0 fully saturated rings. The minimum Gasteiger partial charge on any atom is -0.299 e. The highest BCUT2D eigenvalue weighted by atomic mass is 32.2. The maximum atomic E-state index is 13.0. The van der Waals surface area contributed by atoms with E-state index in [2.05, 4.69) is 20.2 Å². The van der Waals surface area contributed by atoms with Gasteiger partial charge in [0.2, 0.25) is 21.1 Å². The predicted octanol–water partition coefficient (Wildman–Crippen LogP) is 4.56. The molecule has 7 nitrogen and oxygen atoms in total. The molecule has 0 aliphatic heterocycles. The lowest BCUT2D eigenvalue weighted by Crippen LogP contribution is -2.47. The molecule has 0 radical (unpaired) electrons. The number of amides is 1. The first-order valence-corrected chi connectivity index (χ1v) is 12.2. The first kappa shape index (κ1) is 24.8. The van der Waals surface area contributed by atoms with Crippen molar-refractivity contribution in [3.05, 3.63) is 60.2 Å². The number of carbonyl (C=O) groups excluding carboxylic acids is 1. The number of hydrogen-bond donors (Lipinski definition) is 2. The molecule has 1 aromatic heterocycles. The third kappa shape index (κ3) is 6.15. The Labute approximate surface area is 193 Å². The summed E-state index contributed by atoms with van der Waals surface area (Å²) in [6, 6.07) is 11.3. The number of nitrogens with one attached hydrogen (secondary N) is 2. The van der Waals surface area contributed by atoms with Crippen LogP contribution in [0.15, 0.2) is 59.5 Å². The fourth-order valence-electron chi connectivity index (χ4n) is 2.89. The minimum absolute atomic E-state index is 0.172. The number of halogens is 3. The second-order valence-electron chi connectivity index (χ2n) is 7.28. The second kappa shape index (κ2) is 9.98. The van der Waals surface area contributed by atoms with Gasteiger partial charge in [-0.05, 0) is 24.1 Å². The number of nitrogens with zero attached hydrogens (tertiary/aromatic N) is 2. The Morgan fingerprint density at radius 2 is 1.79 bits per heavy atom. The van der Waals surface area contributed by atoms with Gasteiger partial charge in [0.05, 0.1) is 10.5 Å². The fourth-order valence-corrected chi connectivity index (χ4v) is 4.99. The smallest absolute Gasteiger partial charge is 0.299 e. The van der Waals surface area contributed by atoms with E-state index in [1.807, 2.05) is 30.3 Å². The van der Waals surface area contributed by atoms with Gasteiger partial charge in [0.25, 0.3) is 0 Å². The van der Waals surface area contributed by atoms with Crippen LogP contribution in [0.3, 0.4) is 0 Å². The second-order valence-corrected chi connectivity index (χ2v) is 9.97. The third-order valence-electron chi connectivity index (χ3n) is 4.93. The Morgan fingerprint density at radius 3 is 2.42 bits per heavy atom. The van der Waals surface area contributed by atoms with Crippen LogP contribution >= 0.6 is 11.3 Å². The number of carbonyl (C=O) groups is 1. The van der Waals surface area contributed by atoms with E-state index in [1.165, 1.54) is 0 Å². The lowest BCUT2D eigenvalue weighted by molar-refractivity contribution is -0.137. The number of benzene rings is 2. The monoisotopic (exact) mass is 498 g/mol. The van der Waals surface area contributed by atoms with E-state index in [4.69, 9.17) is 0 Å². The summed E-state index contributed by atoms with van der Waals surface area (Å²) < 4.78 is 66.9. The summed E-state index contributed by atoms with van der Waals surface area (Å²) in [5.74, 6) is -1.14. The third-order valence-corrected chi connectivity index (χ3v) is 7.25. The highest BCUT2D eigenvalue weighted by Crippen LogP contribution is 2.31. The van der Waals surface area contributed by atoms with Crippen LogP contribution in [-0.2, 0) is 21.0 Å². The van der Waals surface area contributed by atoms with Gasteiger partial charge in [-0.3, -0.25) is 10.1 Å². The molecule has 33 heavy (non-hydrogen) atoms. The molecule has 0 spiro atoms. The highest BCUT2D eigenvalue weighted by molar-refractivity contribution is 7.89. The summed E-state index contributed by atoms with van der Waals surface area (Å²) in [6.45, 7) is 3.43. The first-order valence-electron chi connectivity index (χ1n) is 9.90. The predicted molar refractivity (Wildman–Crippen MR) is 119 cm³/mol. The summed E-state index contributed by atoms with van der Waals surface area (Å²) in [5, 5.41) is 11.2. The van der Waals surface area contributed by atoms with Crippen LogP contribution in [0, 0.1) is 5.92 Å². The van der Waals surface area contributed by atoms with Crippen molar-refractivity contribution < 1.29 is 26.4 Å². The van der Waals surface area contributed by atoms with Gasteiger partial charge < -0.3 is 0 Å². The van der Waals surface area contributed by atoms with Crippen LogP contribution in [0.1, 0.15) is 25.8 Å². The van der Waals surface area contributed by atoms with Gasteiger partial charge in [0.1, 0.15) is 11.0 Å². The van der Waals surface area contributed by atoms with Crippen molar-refractivity contribution in [1.82, 2.24) is 14.9 Å². The average molecular weight is 499 g/mol. The zero-order valence-corrected chi connectivity index (χ0v) is 19.3. The quantitative estimate of drug-likeness (QED) is 0.474. The summed E-state index contributed by atoms with van der Waals surface area (Å²) in [5.41, 5.74) is -0.295. The van der Waals surface area contributed by atoms with E-state index in [0.29, 0.717) is 17.5 Å². The van der Waals surface area contributed by atoms with E-state index < -0.39 is 44.5 Å². The molecule has 1 heterocycles. The normalized spacial score (nSPS) is 14.0. The molecule has 0 unspecified atom stereocenters. The Balaban J connectivity index is 1.81. The van der Waals surface area contributed by atoms with Crippen molar-refractivity contribution >= 4 is 32.4 Å². The maximum Gasteiger partial charge on any atom is 0.416 e. The molecule has 176 valence electrons. The van der Waals surface area contributed by atoms with Crippen molar-refractivity contribution in [2.45, 2.75) is 37.4 Å². The van der Waals surface area contributed by atoms with Gasteiger partial charge in [0, 0.05) is 5.56 Å². The molecule has 0 saturated carbocycles. The fraction of sp³-hybridized carbons (Fsp3) is 0.286. The highest BCUT2D eigenvalue weighted by Gasteiger charge is 2.34. The van der Waals surface area contributed by atoms with Crippen LogP contribution < -0.4 is 10.0 Å². The average Bonchev–Trinajstić information content (AvgIpc) is 3.25. The largest absolute Gasteiger partial charge is 0.416 e.